The van der Waals surface area contributed by atoms with Gasteiger partial charge in [-0.3, -0.25) is 4.79 Å². The molecule has 17 heavy (non-hydrogen) atoms. The number of halogens is 2. The van der Waals surface area contributed by atoms with Crippen molar-refractivity contribution >= 4 is 46.6 Å². The molecule has 0 bridgehead atoms. The van der Waals surface area contributed by atoms with Crippen LogP contribution < -0.4 is 10.6 Å². The molecule has 92 valence electrons. The standard InChI is InChI=1S/C11H12Cl2N2OS/c12-7-2-1-3-8(13)10(7)15-11(16)9-6-17-5-4-14-9/h1-3,9,14H,4-6H2,(H,15,16). The van der Waals surface area contributed by atoms with Crippen LogP contribution in [0.4, 0.5) is 5.69 Å². The zero-order valence-electron chi connectivity index (χ0n) is 9.00. The number of rotatable bonds is 2. The Morgan fingerprint density at radius 2 is 2.12 bits per heavy atom. The number of carbonyl (C=O) groups is 1. The summed E-state index contributed by atoms with van der Waals surface area (Å²) in [6, 6.07) is 4.97. The van der Waals surface area contributed by atoms with Gasteiger partial charge in [-0.15, -0.1) is 0 Å². The summed E-state index contributed by atoms with van der Waals surface area (Å²) in [5, 5.41) is 6.83. The van der Waals surface area contributed by atoms with Crippen molar-refractivity contribution in [1.29, 1.82) is 0 Å². The number of para-hydroxylation sites is 1. The predicted molar refractivity (Wildman–Crippen MR) is 74.2 cm³/mol. The first-order valence-corrected chi connectivity index (χ1v) is 7.15. The Labute approximate surface area is 114 Å². The lowest BCUT2D eigenvalue weighted by molar-refractivity contribution is -0.117. The van der Waals surface area contributed by atoms with Gasteiger partial charge in [0.15, 0.2) is 0 Å². The molecule has 0 aliphatic carbocycles. The van der Waals surface area contributed by atoms with Crippen LogP contribution >= 0.6 is 35.0 Å². The number of nitrogens with one attached hydrogen (secondary N) is 2. The van der Waals surface area contributed by atoms with Crippen molar-refractivity contribution in [1.82, 2.24) is 5.32 Å². The molecular weight excluding hydrogens is 279 g/mol. The summed E-state index contributed by atoms with van der Waals surface area (Å²) in [7, 11) is 0. The summed E-state index contributed by atoms with van der Waals surface area (Å²) in [4.78, 5) is 12.0. The van der Waals surface area contributed by atoms with Gasteiger partial charge >= 0.3 is 0 Å². The zero-order valence-corrected chi connectivity index (χ0v) is 11.3. The third-order valence-electron chi connectivity index (χ3n) is 2.45. The average Bonchev–Trinajstić information content (AvgIpc) is 2.35. The van der Waals surface area contributed by atoms with Crippen LogP contribution in [0.1, 0.15) is 0 Å². The topological polar surface area (TPSA) is 41.1 Å². The van der Waals surface area contributed by atoms with Gasteiger partial charge in [0.2, 0.25) is 5.91 Å². The highest BCUT2D eigenvalue weighted by Crippen LogP contribution is 2.30. The van der Waals surface area contributed by atoms with Crippen molar-refractivity contribution in [3.05, 3.63) is 28.2 Å². The van der Waals surface area contributed by atoms with Crippen molar-refractivity contribution in [2.45, 2.75) is 6.04 Å². The number of thioether (sulfide) groups is 1. The first-order valence-electron chi connectivity index (χ1n) is 5.24. The van der Waals surface area contributed by atoms with Gasteiger partial charge < -0.3 is 10.6 Å². The van der Waals surface area contributed by atoms with E-state index >= 15 is 0 Å². The highest BCUT2D eigenvalue weighted by atomic mass is 35.5. The van der Waals surface area contributed by atoms with Gasteiger partial charge in [0.05, 0.1) is 21.8 Å². The van der Waals surface area contributed by atoms with E-state index in [9.17, 15) is 4.79 Å². The van der Waals surface area contributed by atoms with Crippen molar-refractivity contribution < 1.29 is 4.79 Å². The fourth-order valence-electron chi connectivity index (χ4n) is 1.56. The van der Waals surface area contributed by atoms with Crippen molar-refractivity contribution in [2.24, 2.45) is 0 Å². The minimum absolute atomic E-state index is 0.0906. The Hall–Kier alpha value is -0.420. The van der Waals surface area contributed by atoms with Crippen LogP contribution in [0.3, 0.4) is 0 Å². The Morgan fingerprint density at radius 3 is 2.71 bits per heavy atom. The molecule has 3 nitrogen and oxygen atoms in total. The van der Waals surface area contributed by atoms with E-state index in [1.807, 2.05) is 0 Å². The summed E-state index contributed by atoms with van der Waals surface area (Å²) < 4.78 is 0. The van der Waals surface area contributed by atoms with Gasteiger partial charge in [-0.25, -0.2) is 0 Å². The number of hydrogen-bond donors (Lipinski definition) is 2. The smallest absolute Gasteiger partial charge is 0.242 e. The Kier molecular flexibility index (Phi) is 4.56. The van der Waals surface area contributed by atoms with Crippen LogP contribution in [0.5, 0.6) is 0 Å². The van der Waals surface area contributed by atoms with E-state index in [1.165, 1.54) is 0 Å². The van der Waals surface area contributed by atoms with Gasteiger partial charge in [0.1, 0.15) is 0 Å². The third kappa shape index (κ3) is 3.28. The second-order valence-electron chi connectivity index (χ2n) is 3.67. The molecule has 1 fully saturated rings. The highest BCUT2D eigenvalue weighted by Gasteiger charge is 2.22. The van der Waals surface area contributed by atoms with E-state index in [1.54, 1.807) is 30.0 Å². The van der Waals surface area contributed by atoms with Crippen LogP contribution in [0.25, 0.3) is 0 Å². The number of hydrogen-bond acceptors (Lipinski definition) is 3. The lowest BCUT2D eigenvalue weighted by atomic mass is 10.2. The van der Waals surface area contributed by atoms with E-state index < -0.39 is 0 Å². The van der Waals surface area contributed by atoms with Crippen LogP contribution in [0, 0.1) is 0 Å². The lowest BCUT2D eigenvalue weighted by Gasteiger charge is -2.22. The SMILES string of the molecule is O=C(Nc1c(Cl)cccc1Cl)C1CSCCN1. The molecule has 0 saturated carbocycles. The third-order valence-corrected chi connectivity index (χ3v) is 4.14. The quantitative estimate of drug-likeness (QED) is 0.880. The highest BCUT2D eigenvalue weighted by molar-refractivity contribution is 7.99. The van der Waals surface area contributed by atoms with E-state index in [0.29, 0.717) is 15.7 Å². The number of amides is 1. The lowest BCUT2D eigenvalue weighted by Crippen LogP contribution is -2.46. The molecular formula is C11H12Cl2N2OS. The minimum Gasteiger partial charge on any atom is -0.322 e. The second kappa shape index (κ2) is 5.96. The van der Waals surface area contributed by atoms with E-state index in [4.69, 9.17) is 23.2 Å². The maximum absolute atomic E-state index is 12.0. The van der Waals surface area contributed by atoms with E-state index in [2.05, 4.69) is 10.6 Å². The molecule has 1 aliphatic rings. The normalized spacial score (nSPS) is 20.0. The van der Waals surface area contributed by atoms with E-state index in [-0.39, 0.29) is 11.9 Å². The number of anilines is 1. The predicted octanol–water partition coefficient (Wildman–Crippen LogP) is 2.64. The Balaban J connectivity index is 2.07. The maximum atomic E-state index is 12.0. The Bertz CT molecular complexity index is 402. The summed E-state index contributed by atoms with van der Waals surface area (Å²) >= 11 is 13.7. The van der Waals surface area contributed by atoms with Gasteiger partial charge in [-0.1, -0.05) is 29.3 Å². The largest absolute Gasteiger partial charge is 0.322 e. The molecule has 0 spiro atoms. The molecule has 2 rings (SSSR count). The summed E-state index contributed by atoms with van der Waals surface area (Å²) in [6.45, 7) is 0.846. The molecule has 1 aromatic carbocycles. The maximum Gasteiger partial charge on any atom is 0.242 e. The molecule has 0 radical (unpaired) electrons. The van der Waals surface area contributed by atoms with Crippen LogP contribution in [-0.2, 0) is 4.79 Å². The van der Waals surface area contributed by atoms with Crippen LogP contribution in [0.15, 0.2) is 18.2 Å². The monoisotopic (exact) mass is 290 g/mol. The molecule has 2 N–H and O–H groups in total. The second-order valence-corrected chi connectivity index (χ2v) is 5.63. The molecule has 1 atom stereocenters. The zero-order chi connectivity index (χ0) is 12.3. The summed E-state index contributed by atoms with van der Waals surface area (Å²) in [6.07, 6.45) is 0. The minimum atomic E-state index is -0.180. The first-order chi connectivity index (χ1) is 8.18. The number of carbonyl (C=O) groups excluding carboxylic acids is 1. The first kappa shape index (κ1) is 13.0. The van der Waals surface area contributed by atoms with Gasteiger partial charge in [-0.2, -0.15) is 11.8 Å². The van der Waals surface area contributed by atoms with Crippen LogP contribution in [-0.4, -0.2) is 30.0 Å². The average molecular weight is 291 g/mol. The molecule has 1 heterocycles. The van der Waals surface area contributed by atoms with Crippen molar-refractivity contribution in [3.63, 3.8) is 0 Å². The van der Waals surface area contributed by atoms with E-state index in [0.717, 1.165) is 18.1 Å². The molecule has 1 aliphatic heterocycles. The summed E-state index contributed by atoms with van der Waals surface area (Å²) in [5.41, 5.74) is 0.484. The number of benzene rings is 1. The van der Waals surface area contributed by atoms with Gasteiger partial charge in [0, 0.05) is 18.1 Å². The molecule has 1 saturated heterocycles. The molecule has 1 unspecified atom stereocenters. The molecule has 1 amide bonds. The fourth-order valence-corrected chi connectivity index (χ4v) is 2.99. The van der Waals surface area contributed by atoms with Gasteiger partial charge in [-0.05, 0) is 12.1 Å². The Morgan fingerprint density at radius 1 is 1.41 bits per heavy atom. The summed E-state index contributed by atoms with van der Waals surface area (Å²) in [5.74, 6) is 1.72. The van der Waals surface area contributed by atoms with Crippen LogP contribution in [0.2, 0.25) is 10.0 Å². The van der Waals surface area contributed by atoms with Crippen molar-refractivity contribution in [2.75, 3.05) is 23.4 Å². The van der Waals surface area contributed by atoms with Crippen molar-refractivity contribution in [3.8, 4) is 0 Å². The van der Waals surface area contributed by atoms with Gasteiger partial charge in [0.25, 0.3) is 0 Å². The molecule has 1 aromatic rings. The molecule has 6 heteroatoms. The molecule has 0 aromatic heterocycles. The fraction of sp³-hybridized carbons (Fsp3) is 0.364.